The van der Waals surface area contributed by atoms with Crippen LogP contribution in [-0.2, 0) is 16.1 Å². The van der Waals surface area contributed by atoms with Crippen molar-refractivity contribution in [2.75, 3.05) is 25.5 Å². The van der Waals surface area contributed by atoms with Crippen LogP contribution in [0.25, 0.3) is 0 Å². The molecule has 0 atom stereocenters. The first-order valence-electron chi connectivity index (χ1n) is 8.36. The standard InChI is InChI=1S/C18H22N4O3/c1-25-18(24)14-4-2-5-16(12-14)20-15-6-10-21(11-7-15)17(23)13-22-9-3-8-19-22/h2-5,8-9,12,15,20H,6-7,10-11,13H2,1H3. The number of esters is 1. The van der Waals surface area contributed by atoms with Gasteiger partial charge in [0, 0.05) is 37.2 Å². The highest BCUT2D eigenvalue weighted by Gasteiger charge is 2.23. The third-order valence-corrected chi connectivity index (χ3v) is 4.36. The largest absolute Gasteiger partial charge is 0.465 e. The number of likely N-dealkylation sites (tertiary alicyclic amines) is 1. The molecule has 1 aliphatic heterocycles. The number of benzene rings is 1. The van der Waals surface area contributed by atoms with E-state index in [1.807, 2.05) is 23.1 Å². The average Bonchev–Trinajstić information content (AvgIpc) is 3.15. The van der Waals surface area contributed by atoms with E-state index in [4.69, 9.17) is 4.74 Å². The van der Waals surface area contributed by atoms with Crippen LogP contribution in [0.1, 0.15) is 23.2 Å². The van der Waals surface area contributed by atoms with E-state index in [0.717, 1.165) is 18.5 Å². The molecule has 1 amide bonds. The van der Waals surface area contributed by atoms with Gasteiger partial charge >= 0.3 is 5.97 Å². The molecule has 1 aromatic heterocycles. The van der Waals surface area contributed by atoms with Crippen LogP contribution >= 0.6 is 0 Å². The first kappa shape index (κ1) is 17.0. The van der Waals surface area contributed by atoms with Gasteiger partial charge < -0.3 is 15.0 Å². The molecule has 2 aromatic rings. The van der Waals surface area contributed by atoms with Crippen molar-refractivity contribution in [1.29, 1.82) is 0 Å². The molecule has 0 saturated carbocycles. The summed E-state index contributed by atoms with van der Waals surface area (Å²) < 4.78 is 6.39. The number of nitrogens with zero attached hydrogens (tertiary/aromatic N) is 3. The fraction of sp³-hybridized carbons (Fsp3) is 0.389. The van der Waals surface area contributed by atoms with Gasteiger partial charge in [0.15, 0.2) is 0 Å². The zero-order chi connectivity index (χ0) is 17.6. The Morgan fingerprint density at radius 2 is 2.08 bits per heavy atom. The first-order valence-corrected chi connectivity index (χ1v) is 8.36. The lowest BCUT2D eigenvalue weighted by Crippen LogP contribution is -2.43. The smallest absolute Gasteiger partial charge is 0.337 e. The van der Waals surface area contributed by atoms with Crippen molar-refractivity contribution in [3.8, 4) is 0 Å². The molecule has 1 aromatic carbocycles. The molecule has 1 fully saturated rings. The normalized spacial score (nSPS) is 15.0. The van der Waals surface area contributed by atoms with Crippen molar-refractivity contribution in [3.05, 3.63) is 48.3 Å². The third-order valence-electron chi connectivity index (χ3n) is 4.36. The number of carbonyl (C=O) groups excluding carboxylic acids is 2. The number of rotatable bonds is 5. The number of hydrogen-bond donors (Lipinski definition) is 1. The van der Waals surface area contributed by atoms with Gasteiger partial charge in [-0.15, -0.1) is 0 Å². The second kappa shape index (κ2) is 7.83. The van der Waals surface area contributed by atoms with E-state index < -0.39 is 0 Å². The van der Waals surface area contributed by atoms with Gasteiger partial charge in [0.1, 0.15) is 6.54 Å². The van der Waals surface area contributed by atoms with Crippen LogP contribution < -0.4 is 5.32 Å². The molecule has 7 heteroatoms. The van der Waals surface area contributed by atoms with Crippen LogP contribution in [0, 0.1) is 0 Å². The molecule has 0 bridgehead atoms. The maximum absolute atomic E-state index is 12.3. The van der Waals surface area contributed by atoms with E-state index in [2.05, 4.69) is 10.4 Å². The van der Waals surface area contributed by atoms with Gasteiger partial charge in [-0.05, 0) is 37.1 Å². The Bertz CT molecular complexity index is 722. The van der Waals surface area contributed by atoms with Crippen molar-refractivity contribution in [1.82, 2.24) is 14.7 Å². The summed E-state index contributed by atoms with van der Waals surface area (Å²) in [5.41, 5.74) is 1.42. The Balaban J connectivity index is 1.51. The van der Waals surface area contributed by atoms with E-state index in [1.165, 1.54) is 7.11 Å². The number of anilines is 1. The van der Waals surface area contributed by atoms with Crippen LogP contribution in [0.2, 0.25) is 0 Å². The number of aromatic nitrogens is 2. The summed E-state index contributed by atoms with van der Waals surface area (Å²) in [5.74, 6) is -0.252. The third kappa shape index (κ3) is 4.37. The molecule has 0 spiro atoms. The Morgan fingerprint density at radius 1 is 1.28 bits per heavy atom. The van der Waals surface area contributed by atoms with Gasteiger partial charge in [-0.2, -0.15) is 5.10 Å². The fourth-order valence-corrected chi connectivity index (χ4v) is 3.00. The predicted octanol–water partition coefficient (Wildman–Crippen LogP) is 1.77. The van der Waals surface area contributed by atoms with Crippen molar-refractivity contribution in [2.45, 2.75) is 25.4 Å². The van der Waals surface area contributed by atoms with Crippen LogP contribution in [0.3, 0.4) is 0 Å². The number of nitrogens with one attached hydrogen (secondary N) is 1. The highest BCUT2D eigenvalue weighted by atomic mass is 16.5. The number of piperidine rings is 1. The Labute approximate surface area is 146 Å². The van der Waals surface area contributed by atoms with Gasteiger partial charge in [0.2, 0.25) is 5.91 Å². The summed E-state index contributed by atoms with van der Waals surface area (Å²) in [5, 5.41) is 7.51. The fourth-order valence-electron chi connectivity index (χ4n) is 3.00. The summed E-state index contributed by atoms with van der Waals surface area (Å²) in [7, 11) is 1.37. The van der Waals surface area contributed by atoms with E-state index in [9.17, 15) is 9.59 Å². The molecule has 7 nitrogen and oxygen atoms in total. The lowest BCUT2D eigenvalue weighted by atomic mass is 10.0. The number of ether oxygens (including phenoxy) is 1. The lowest BCUT2D eigenvalue weighted by molar-refractivity contribution is -0.133. The molecular formula is C18H22N4O3. The summed E-state index contributed by atoms with van der Waals surface area (Å²) in [6.07, 6.45) is 5.20. The van der Waals surface area contributed by atoms with Crippen molar-refractivity contribution in [3.63, 3.8) is 0 Å². The second-order valence-electron chi connectivity index (χ2n) is 6.08. The summed E-state index contributed by atoms with van der Waals surface area (Å²) in [6, 6.07) is 9.38. The zero-order valence-electron chi connectivity index (χ0n) is 14.2. The highest BCUT2D eigenvalue weighted by Crippen LogP contribution is 2.18. The Morgan fingerprint density at radius 3 is 2.76 bits per heavy atom. The second-order valence-corrected chi connectivity index (χ2v) is 6.08. The number of methoxy groups -OCH3 is 1. The molecule has 1 saturated heterocycles. The molecule has 132 valence electrons. The molecule has 25 heavy (non-hydrogen) atoms. The van der Waals surface area contributed by atoms with Crippen LogP contribution in [-0.4, -0.2) is 52.8 Å². The Hall–Kier alpha value is -2.83. The average molecular weight is 342 g/mol. The number of hydrogen-bond acceptors (Lipinski definition) is 5. The van der Waals surface area contributed by atoms with E-state index in [0.29, 0.717) is 18.7 Å². The maximum Gasteiger partial charge on any atom is 0.337 e. The SMILES string of the molecule is COC(=O)c1cccc(NC2CCN(C(=O)Cn3cccn3)CC2)c1. The minimum Gasteiger partial charge on any atom is -0.465 e. The molecule has 0 unspecified atom stereocenters. The molecule has 0 radical (unpaired) electrons. The maximum atomic E-state index is 12.3. The predicted molar refractivity (Wildman–Crippen MR) is 93.2 cm³/mol. The van der Waals surface area contributed by atoms with Gasteiger partial charge in [-0.3, -0.25) is 9.48 Å². The van der Waals surface area contributed by atoms with Crippen LogP contribution in [0.15, 0.2) is 42.7 Å². The molecule has 1 N–H and O–H groups in total. The summed E-state index contributed by atoms with van der Waals surface area (Å²) in [6.45, 7) is 1.72. The number of amides is 1. The topological polar surface area (TPSA) is 76.5 Å². The minimum absolute atomic E-state index is 0.0924. The van der Waals surface area contributed by atoms with E-state index >= 15 is 0 Å². The quantitative estimate of drug-likeness (QED) is 0.838. The van der Waals surface area contributed by atoms with Crippen molar-refractivity contribution >= 4 is 17.6 Å². The summed E-state index contributed by atoms with van der Waals surface area (Å²) >= 11 is 0. The van der Waals surface area contributed by atoms with E-state index in [1.54, 1.807) is 29.2 Å². The molecule has 2 heterocycles. The lowest BCUT2D eigenvalue weighted by Gasteiger charge is -2.33. The van der Waals surface area contributed by atoms with Crippen LogP contribution in [0.4, 0.5) is 5.69 Å². The van der Waals surface area contributed by atoms with Gasteiger partial charge in [0.25, 0.3) is 0 Å². The highest BCUT2D eigenvalue weighted by molar-refractivity contribution is 5.90. The Kier molecular flexibility index (Phi) is 5.33. The van der Waals surface area contributed by atoms with Crippen molar-refractivity contribution < 1.29 is 14.3 Å². The monoisotopic (exact) mass is 342 g/mol. The summed E-state index contributed by atoms with van der Waals surface area (Å²) in [4.78, 5) is 25.8. The number of carbonyl (C=O) groups is 2. The van der Waals surface area contributed by atoms with Crippen molar-refractivity contribution in [2.24, 2.45) is 0 Å². The van der Waals surface area contributed by atoms with Gasteiger partial charge in [-0.25, -0.2) is 4.79 Å². The molecular weight excluding hydrogens is 320 g/mol. The molecule has 1 aliphatic rings. The first-order chi connectivity index (χ1) is 12.2. The zero-order valence-corrected chi connectivity index (χ0v) is 14.2. The van der Waals surface area contributed by atoms with E-state index in [-0.39, 0.29) is 24.5 Å². The molecule has 3 rings (SSSR count). The minimum atomic E-state index is -0.345. The van der Waals surface area contributed by atoms with Gasteiger partial charge in [0.05, 0.1) is 12.7 Å². The molecule has 0 aliphatic carbocycles. The van der Waals surface area contributed by atoms with Gasteiger partial charge in [-0.1, -0.05) is 6.07 Å². The van der Waals surface area contributed by atoms with Crippen LogP contribution in [0.5, 0.6) is 0 Å².